The number of rotatable bonds is 12. The molecule has 6 aromatic rings. The number of aryl methyl sites for hydroxylation is 1. The van der Waals surface area contributed by atoms with E-state index in [9.17, 15) is 13.2 Å². The molecule has 0 unspecified atom stereocenters. The van der Waals surface area contributed by atoms with Crippen molar-refractivity contribution in [3.63, 3.8) is 0 Å². The minimum Gasteiger partial charge on any atom is -0.361 e. The fraction of sp³-hybridized carbons (Fsp3) is 0.294. The predicted molar refractivity (Wildman–Crippen MR) is 193 cm³/mol. The summed E-state index contributed by atoms with van der Waals surface area (Å²) in [6.45, 7) is 11.7. The highest BCUT2D eigenvalue weighted by atomic mass is 32.2. The first-order valence-electron chi connectivity index (χ1n) is 15.7. The van der Waals surface area contributed by atoms with Gasteiger partial charge in [-0.25, -0.2) is 22.9 Å². The maximum absolute atomic E-state index is 13.9. The third-order valence-corrected chi connectivity index (χ3v) is 10.4. The summed E-state index contributed by atoms with van der Waals surface area (Å²) in [6.07, 6.45) is 6.41. The molecule has 12 nitrogen and oxygen atoms in total. The van der Waals surface area contributed by atoms with Crippen molar-refractivity contribution in [2.24, 2.45) is 0 Å². The lowest BCUT2D eigenvalue weighted by molar-refractivity contribution is 0.0899. The Kier molecular flexibility index (Phi) is 8.98. The van der Waals surface area contributed by atoms with Crippen molar-refractivity contribution in [2.45, 2.75) is 52.3 Å². The third kappa shape index (κ3) is 7.05. The van der Waals surface area contributed by atoms with Crippen LogP contribution in [0.1, 0.15) is 24.4 Å². The van der Waals surface area contributed by atoms with Crippen molar-refractivity contribution >= 4 is 46.2 Å². The molecule has 0 aliphatic heterocycles. The van der Waals surface area contributed by atoms with Crippen LogP contribution in [0.2, 0.25) is 25.7 Å². The van der Waals surface area contributed by atoms with Crippen LogP contribution < -0.4 is 15.6 Å². The van der Waals surface area contributed by atoms with Crippen LogP contribution in [0, 0.1) is 6.92 Å². The molecule has 1 atom stereocenters. The Labute approximate surface area is 280 Å². The summed E-state index contributed by atoms with van der Waals surface area (Å²) in [5.41, 5.74) is 4.72. The highest BCUT2D eigenvalue weighted by Gasteiger charge is 2.23. The summed E-state index contributed by atoms with van der Waals surface area (Å²) in [5, 5.41) is 9.19. The lowest BCUT2D eigenvalue weighted by Gasteiger charge is -2.20. The lowest BCUT2D eigenvalue weighted by atomic mass is 10.1. The Hall–Kier alpha value is -4.79. The zero-order valence-electron chi connectivity index (χ0n) is 27.9. The molecule has 0 amide bonds. The van der Waals surface area contributed by atoms with Gasteiger partial charge >= 0.3 is 0 Å². The molecule has 0 aliphatic carbocycles. The van der Waals surface area contributed by atoms with Crippen molar-refractivity contribution in [1.82, 2.24) is 28.7 Å². The van der Waals surface area contributed by atoms with Gasteiger partial charge in [-0.15, -0.1) is 0 Å². The monoisotopic (exact) mass is 684 g/mol. The number of nitrogens with one attached hydrogen (secondary N) is 2. The molecule has 4 aromatic heterocycles. The molecule has 2 N–H and O–H groups in total. The van der Waals surface area contributed by atoms with E-state index in [1.54, 1.807) is 27.4 Å². The molecule has 2 aromatic carbocycles. The van der Waals surface area contributed by atoms with Gasteiger partial charge in [-0.05, 0) is 61.4 Å². The van der Waals surface area contributed by atoms with Gasteiger partial charge in [-0.3, -0.25) is 14.1 Å². The van der Waals surface area contributed by atoms with Crippen molar-refractivity contribution in [3.8, 4) is 16.8 Å². The predicted octanol–water partition coefficient (Wildman–Crippen LogP) is 6.06. The van der Waals surface area contributed by atoms with E-state index in [2.05, 4.69) is 39.6 Å². The van der Waals surface area contributed by atoms with Gasteiger partial charge in [0.25, 0.3) is 5.56 Å². The minimum absolute atomic E-state index is 0.166. The minimum atomic E-state index is -3.42. The number of nitrogens with zero attached hydrogens (tertiary/aromatic N) is 6. The second-order valence-corrected chi connectivity index (χ2v) is 20.6. The highest BCUT2D eigenvalue weighted by Crippen LogP contribution is 2.36. The highest BCUT2D eigenvalue weighted by molar-refractivity contribution is 7.92. The van der Waals surface area contributed by atoms with Gasteiger partial charge in [-0.1, -0.05) is 50.0 Å². The van der Waals surface area contributed by atoms with Gasteiger partial charge in [-0.2, -0.15) is 5.10 Å². The van der Waals surface area contributed by atoms with Gasteiger partial charge in [0.15, 0.2) is 5.82 Å². The topological polar surface area (TPSA) is 137 Å². The summed E-state index contributed by atoms with van der Waals surface area (Å²) in [6, 6.07) is 19.1. The van der Waals surface area contributed by atoms with Crippen molar-refractivity contribution in [1.29, 1.82) is 0 Å². The summed E-state index contributed by atoms with van der Waals surface area (Å²) in [5.74, 6) is 1.06. The maximum atomic E-state index is 13.9. The van der Waals surface area contributed by atoms with Crippen LogP contribution in [0.15, 0.2) is 84.2 Å². The number of para-hydroxylation sites is 1. The SMILES string of the molecule is Cc1ccn2nc([C@H](C)Nc3ncnc4c3c(-c3ccc(NS(C)(=O)=O)cc3)cn4COCC[Si](C)(C)C)n(-c3ccccc3)c(=O)c12. The molecule has 0 spiro atoms. The fourth-order valence-corrected chi connectivity index (χ4v) is 6.95. The number of sulfonamides is 1. The Morgan fingerprint density at radius 3 is 2.42 bits per heavy atom. The standard InChI is InChI=1S/C34H40N8O4SSi/c1-23-16-17-41-30(23)34(43)42(27-10-8-7-9-11-27)32(38-41)24(2)37-31-29-28(25-12-14-26(15-13-25)39-47(3,44)45)20-40(33(29)36-21-35-31)22-46-18-19-48(4,5)6/h7-17,20-21,24,39H,18-19,22H2,1-6H3,(H,35,36,37)/t24-/m0/s1. The average molecular weight is 685 g/mol. The van der Waals surface area contributed by atoms with Crippen molar-refractivity contribution < 1.29 is 13.2 Å². The molecule has 14 heteroatoms. The summed E-state index contributed by atoms with van der Waals surface area (Å²) in [7, 11) is -4.70. The number of hydrogen-bond acceptors (Lipinski definition) is 8. The molecule has 0 saturated heterocycles. The van der Waals surface area contributed by atoms with Gasteiger partial charge in [0.2, 0.25) is 10.0 Å². The van der Waals surface area contributed by atoms with Crippen molar-refractivity contribution in [3.05, 3.63) is 101 Å². The van der Waals surface area contributed by atoms with Crippen LogP contribution in [0.4, 0.5) is 11.5 Å². The molecule has 6 rings (SSSR count). The van der Waals surface area contributed by atoms with Gasteiger partial charge in [0, 0.05) is 38.3 Å². The van der Waals surface area contributed by atoms with E-state index in [0.29, 0.717) is 47.5 Å². The molecule has 48 heavy (non-hydrogen) atoms. The first kappa shape index (κ1) is 33.1. The lowest BCUT2D eigenvalue weighted by Crippen LogP contribution is -2.29. The Bertz CT molecular complexity index is 2260. The molecule has 0 bridgehead atoms. The van der Waals surface area contributed by atoms with Crippen LogP contribution in [-0.4, -0.2) is 58.1 Å². The first-order valence-corrected chi connectivity index (χ1v) is 21.3. The number of aromatic nitrogens is 6. The Balaban J connectivity index is 1.44. The molecule has 4 heterocycles. The average Bonchev–Trinajstić information content (AvgIpc) is 3.60. The third-order valence-electron chi connectivity index (χ3n) is 8.05. The molecular weight excluding hydrogens is 645 g/mol. The normalized spacial score (nSPS) is 12.9. The zero-order valence-corrected chi connectivity index (χ0v) is 29.7. The van der Waals surface area contributed by atoms with Crippen LogP contribution in [-0.2, 0) is 21.5 Å². The molecule has 0 saturated carbocycles. The first-order chi connectivity index (χ1) is 22.8. The van der Waals surface area contributed by atoms with Crippen LogP contribution in [0.25, 0.3) is 33.4 Å². The number of fused-ring (bicyclic) bond motifs is 2. The van der Waals surface area contributed by atoms with Crippen molar-refractivity contribution in [2.75, 3.05) is 22.9 Å². The molecular formula is C34H40N8O4SSi. The number of hydrogen-bond donors (Lipinski definition) is 2. The number of ether oxygens (including phenoxy) is 1. The molecule has 0 aliphatic rings. The maximum Gasteiger partial charge on any atom is 0.282 e. The van der Waals surface area contributed by atoms with E-state index in [0.717, 1.165) is 34.4 Å². The zero-order chi connectivity index (χ0) is 34.2. The van der Waals surface area contributed by atoms with E-state index in [1.165, 1.54) is 6.33 Å². The van der Waals surface area contributed by atoms with E-state index in [-0.39, 0.29) is 5.56 Å². The summed E-state index contributed by atoms with van der Waals surface area (Å²) < 4.78 is 37.5. The van der Waals surface area contributed by atoms with Crippen LogP contribution in [0.3, 0.4) is 0 Å². The molecule has 250 valence electrons. The van der Waals surface area contributed by atoms with E-state index in [1.807, 2.05) is 73.1 Å². The number of benzene rings is 2. The smallest absolute Gasteiger partial charge is 0.282 e. The van der Waals surface area contributed by atoms with Crippen LogP contribution in [0.5, 0.6) is 0 Å². The van der Waals surface area contributed by atoms with E-state index < -0.39 is 24.1 Å². The molecule has 0 radical (unpaired) electrons. The van der Waals surface area contributed by atoms with Gasteiger partial charge < -0.3 is 14.6 Å². The van der Waals surface area contributed by atoms with Gasteiger partial charge in [0.05, 0.1) is 23.4 Å². The second kappa shape index (κ2) is 13.0. The summed E-state index contributed by atoms with van der Waals surface area (Å²) in [4.78, 5) is 23.3. The van der Waals surface area contributed by atoms with E-state index in [4.69, 9.17) is 9.84 Å². The Morgan fingerprint density at radius 2 is 1.73 bits per heavy atom. The van der Waals surface area contributed by atoms with Gasteiger partial charge in [0.1, 0.15) is 30.0 Å². The Morgan fingerprint density at radius 1 is 1.00 bits per heavy atom. The number of anilines is 2. The van der Waals surface area contributed by atoms with E-state index >= 15 is 0 Å². The second-order valence-electron chi connectivity index (χ2n) is 13.2. The fourth-order valence-electron chi connectivity index (χ4n) is 5.63. The largest absolute Gasteiger partial charge is 0.361 e. The summed E-state index contributed by atoms with van der Waals surface area (Å²) >= 11 is 0. The quantitative estimate of drug-likeness (QED) is 0.117. The molecule has 0 fully saturated rings. The van der Waals surface area contributed by atoms with Crippen LogP contribution >= 0.6 is 0 Å².